The lowest BCUT2D eigenvalue weighted by atomic mass is 10.2. The van der Waals surface area contributed by atoms with Gasteiger partial charge < -0.3 is 5.32 Å². The molecule has 0 unspecified atom stereocenters. The molecule has 1 heterocycles. The van der Waals surface area contributed by atoms with Crippen molar-refractivity contribution in [1.29, 1.82) is 0 Å². The van der Waals surface area contributed by atoms with E-state index in [1.807, 2.05) is 60.8 Å². The molecule has 0 aliphatic rings. The molecule has 3 aromatic rings. The molecule has 0 fully saturated rings. The van der Waals surface area contributed by atoms with E-state index in [-0.39, 0.29) is 12.3 Å². The second-order valence-electron chi connectivity index (χ2n) is 5.22. The average molecular weight is 343 g/mol. The van der Waals surface area contributed by atoms with E-state index in [2.05, 4.69) is 10.3 Å². The van der Waals surface area contributed by atoms with Gasteiger partial charge in [0.25, 0.3) is 0 Å². The largest absolute Gasteiger partial charge is 0.324 e. The third-order valence-corrected chi connectivity index (χ3v) is 4.57. The van der Waals surface area contributed by atoms with Gasteiger partial charge in [0.15, 0.2) is 0 Å². The lowest BCUT2D eigenvalue weighted by molar-refractivity contribution is -0.115. The van der Waals surface area contributed by atoms with Gasteiger partial charge in [-0.1, -0.05) is 48.0 Å². The highest BCUT2D eigenvalue weighted by Crippen LogP contribution is 2.25. The number of hydrogen-bond donors (Lipinski definition) is 1. The third-order valence-electron chi connectivity index (χ3n) is 3.31. The van der Waals surface area contributed by atoms with E-state index in [1.165, 1.54) is 11.3 Å². The Kier molecular flexibility index (Phi) is 4.74. The number of aromatic nitrogens is 1. The Morgan fingerprint density at radius 3 is 2.74 bits per heavy atom. The maximum absolute atomic E-state index is 12.2. The predicted octanol–water partition coefficient (Wildman–Crippen LogP) is 4.95. The summed E-state index contributed by atoms with van der Waals surface area (Å²) in [7, 11) is 0. The third kappa shape index (κ3) is 3.97. The zero-order valence-electron chi connectivity index (χ0n) is 12.5. The molecule has 3 nitrogen and oxygen atoms in total. The zero-order chi connectivity index (χ0) is 16.2. The van der Waals surface area contributed by atoms with Crippen LogP contribution in [0.3, 0.4) is 0 Å². The molecule has 5 heteroatoms. The Hall–Kier alpha value is -2.17. The Morgan fingerprint density at radius 2 is 2.00 bits per heavy atom. The molecular formula is C18H15ClN2OS. The van der Waals surface area contributed by atoms with Crippen LogP contribution < -0.4 is 5.32 Å². The maximum Gasteiger partial charge on any atom is 0.230 e. The molecule has 116 valence electrons. The fraction of sp³-hybridized carbons (Fsp3) is 0.111. The number of anilines is 1. The number of thiazole rings is 1. The number of nitrogens with one attached hydrogen (secondary N) is 1. The normalized spacial score (nSPS) is 10.5. The zero-order valence-corrected chi connectivity index (χ0v) is 14.1. The molecule has 3 rings (SSSR count). The molecule has 1 N–H and O–H groups in total. The van der Waals surface area contributed by atoms with E-state index >= 15 is 0 Å². The average Bonchev–Trinajstić information content (AvgIpc) is 2.99. The Morgan fingerprint density at radius 1 is 1.22 bits per heavy atom. The number of hydrogen-bond acceptors (Lipinski definition) is 3. The first kappa shape index (κ1) is 15.7. The predicted molar refractivity (Wildman–Crippen MR) is 96.1 cm³/mol. The Balaban J connectivity index is 1.68. The van der Waals surface area contributed by atoms with E-state index < -0.39 is 0 Å². The first-order chi connectivity index (χ1) is 11.1. The first-order valence-corrected chi connectivity index (χ1v) is 8.43. The molecule has 1 amide bonds. The number of nitrogens with zero attached hydrogens (tertiary/aromatic N) is 1. The summed E-state index contributed by atoms with van der Waals surface area (Å²) in [6, 6.07) is 15.5. The fourth-order valence-electron chi connectivity index (χ4n) is 2.18. The summed E-state index contributed by atoms with van der Waals surface area (Å²) in [5, 5.41) is 6.21. The minimum absolute atomic E-state index is 0.124. The second kappa shape index (κ2) is 6.94. The van der Waals surface area contributed by atoms with Gasteiger partial charge in [-0.15, -0.1) is 11.3 Å². The summed E-state index contributed by atoms with van der Waals surface area (Å²) in [4.78, 5) is 16.7. The van der Waals surface area contributed by atoms with Crippen LogP contribution in [0.1, 0.15) is 11.3 Å². The van der Waals surface area contributed by atoms with Crippen molar-refractivity contribution in [2.75, 3.05) is 5.32 Å². The Labute approximate surface area is 144 Å². The van der Waals surface area contributed by atoms with E-state index in [0.29, 0.717) is 10.7 Å². The van der Waals surface area contributed by atoms with Crippen molar-refractivity contribution in [3.63, 3.8) is 0 Å². The SMILES string of the molecule is Cc1ccc(NC(=O)Cc2csc(-c3ccccc3)n2)c(Cl)c1. The van der Waals surface area contributed by atoms with Crippen molar-refractivity contribution >= 4 is 34.5 Å². The molecule has 23 heavy (non-hydrogen) atoms. The van der Waals surface area contributed by atoms with Crippen LogP contribution in [0.4, 0.5) is 5.69 Å². The quantitative estimate of drug-likeness (QED) is 0.728. The number of carbonyl (C=O) groups excluding carboxylic acids is 1. The van der Waals surface area contributed by atoms with Gasteiger partial charge in [0, 0.05) is 10.9 Å². The molecule has 0 bridgehead atoms. The lowest BCUT2D eigenvalue weighted by Gasteiger charge is -2.07. The number of aryl methyl sites for hydroxylation is 1. The highest BCUT2D eigenvalue weighted by Gasteiger charge is 2.10. The molecule has 0 aliphatic heterocycles. The highest BCUT2D eigenvalue weighted by atomic mass is 35.5. The van der Waals surface area contributed by atoms with E-state index in [1.54, 1.807) is 0 Å². The van der Waals surface area contributed by atoms with Crippen LogP contribution in [-0.2, 0) is 11.2 Å². The lowest BCUT2D eigenvalue weighted by Crippen LogP contribution is -2.14. The van der Waals surface area contributed by atoms with Gasteiger partial charge in [-0.2, -0.15) is 0 Å². The topological polar surface area (TPSA) is 42.0 Å². The highest BCUT2D eigenvalue weighted by molar-refractivity contribution is 7.13. The van der Waals surface area contributed by atoms with Gasteiger partial charge in [-0.05, 0) is 24.6 Å². The molecule has 0 aliphatic carbocycles. The van der Waals surface area contributed by atoms with Crippen molar-refractivity contribution in [1.82, 2.24) is 4.98 Å². The van der Waals surface area contributed by atoms with Gasteiger partial charge in [-0.25, -0.2) is 4.98 Å². The monoisotopic (exact) mass is 342 g/mol. The summed E-state index contributed by atoms with van der Waals surface area (Å²) in [5.74, 6) is -0.124. The molecule has 0 radical (unpaired) electrons. The van der Waals surface area contributed by atoms with Crippen LogP contribution in [-0.4, -0.2) is 10.9 Å². The van der Waals surface area contributed by atoms with Crippen molar-refractivity contribution in [3.05, 3.63) is 70.2 Å². The van der Waals surface area contributed by atoms with E-state index in [0.717, 1.165) is 21.8 Å². The number of rotatable bonds is 4. The van der Waals surface area contributed by atoms with Crippen molar-refractivity contribution in [2.24, 2.45) is 0 Å². The van der Waals surface area contributed by atoms with Crippen LogP contribution in [0.25, 0.3) is 10.6 Å². The molecule has 0 atom stereocenters. The van der Waals surface area contributed by atoms with Crippen LogP contribution in [0.2, 0.25) is 5.02 Å². The number of benzene rings is 2. The van der Waals surface area contributed by atoms with Gasteiger partial charge >= 0.3 is 0 Å². The summed E-state index contributed by atoms with van der Waals surface area (Å²) >= 11 is 7.67. The van der Waals surface area contributed by atoms with Gasteiger partial charge in [0.05, 0.1) is 22.8 Å². The van der Waals surface area contributed by atoms with Crippen LogP contribution >= 0.6 is 22.9 Å². The van der Waals surface area contributed by atoms with Gasteiger partial charge in [0.2, 0.25) is 5.91 Å². The standard InChI is InChI=1S/C18H15ClN2OS/c1-12-7-8-16(15(19)9-12)21-17(22)10-14-11-23-18(20-14)13-5-3-2-4-6-13/h2-9,11H,10H2,1H3,(H,21,22). The van der Waals surface area contributed by atoms with Crippen LogP contribution in [0.15, 0.2) is 53.9 Å². The minimum atomic E-state index is -0.124. The second-order valence-corrected chi connectivity index (χ2v) is 6.48. The molecule has 1 aromatic heterocycles. The molecule has 0 spiro atoms. The van der Waals surface area contributed by atoms with Crippen LogP contribution in [0, 0.1) is 6.92 Å². The molecular weight excluding hydrogens is 328 g/mol. The number of halogens is 1. The van der Waals surface area contributed by atoms with Crippen LogP contribution in [0.5, 0.6) is 0 Å². The fourth-order valence-corrected chi connectivity index (χ4v) is 3.29. The van der Waals surface area contributed by atoms with Gasteiger partial charge in [0.1, 0.15) is 5.01 Å². The molecule has 0 saturated carbocycles. The smallest absolute Gasteiger partial charge is 0.230 e. The summed E-state index contributed by atoms with van der Waals surface area (Å²) in [6.45, 7) is 1.96. The number of carbonyl (C=O) groups is 1. The van der Waals surface area contributed by atoms with E-state index in [9.17, 15) is 4.79 Å². The first-order valence-electron chi connectivity index (χ1n) is 7.17. The van der Waals surface area contributed by atoms with Crippen molar-refractivity contribution < 1.29 is 4.79 Å². The summed E-state index contributed by atoms with van der Waals surface area (Å²) < 4.78 is 0. The molecule has 0 saturated heterocycles. The number of amides is 1. The van der Waals surface area contributed by atoms with E-state index in [4.69, 9.17) is 11.6 Å². The summed E-state index contributed by atoms with van der Waals surface area (Å²) in [6.07, 6.45) is 0.230. The summed E-state index contributed by atoms with van der Waals surface area (Å²) in [5.41, 5.74) is 3.50. The van der Waals surface area contributed by atoms with Gasteiger partial charge in [-0.3, -0.25) is 4.79 Å². The van der Waals surface area contributed by atoms with Crippen molar-refractivity contribution in [3.8, 4) is 10.6 Å². The Bertz CT molecular complexity index is 830. The minimum Gasteiger partial charge on any atom is -0.324 e. The maximum atomic E-state index is 12.2. The molecule has 2 aromatic carbocycles. The van der Waals surface area contributed by atoms with Crippen molar-refractivity contribution in [2.45, 2.75) is 13.3 Å².